The molecule has 0 spiro atoms. The predicted molar refractivity (Wildman–Crippen MR) is 131 cm³/mol. The lowest BCUT2D eigenvalue weighted by molar-refractivity contribution is -0.139. The van der Waals surface area contributed by atoms with Crippen LogP contribution in [0, 0.1) is 13.8 Å². The Morgan fingerprint density at radius 2 is 1.61 bits per heavy atom. The molecule has 168 valence electrons. The van der Waals surface area contributed by atoms with Crippen LogP contribution in [-0.4, -0.2) is 34.6 Å². The van der Waals surface area contributed by atoms with E-state index in [1.54, 1.807) is 16.7 Å². The largest absolute Gasteiger partial charge is 0.352 e. The van der Waals surface area contributed by atoms with Gasteiger partial charge in [0.15, 0.2) is 0 Å². The molecule has 2 amide bonds. The molecule has 0 fully saturated rings. The summed E-state index contributed by atoms with van der Waals surface area (Å²) in [7, 11) is 0. The summed E-state index contributed by atoms with van der Waals surface area (Å²) in [5.41, 5.74) is 4.73. The summed E-state index contributed by atoms with van der Waals surface area (Å²) in [4.78, 5) is 27.9. The summed E-state index contributed by atoms with van der Waals surface area (Å²) in [5.74, 6) is 1.07. The Labute approximate surface area is 191 Å². The van der Waals surface area contributed by atoms with Gasteiger partial charge in [-0.1, -0.05) is 73.5 Å². The second kappa shape index (κ2) is 12.6. The highest BCUT2D eigenvalue weighted by Crippen LogP contribution is 2.19. The van der Waals surface area contributed by atoms with Crippen LogP contribution in [-0.2, 0) is 21.9 Å². The summed E-state index contributed by atoms with van der Waals surface area (Å²) < 4.78 is 0. The SMILES string of the molecule is CCC(C)NC(=O)C(CC)N(Cc1ccccc1)C(=O)CSCc1cc(C)cc(C)c1. The summed E-state index contributed by atoms with van der Waals surface area (Å²) >= 11 is 1.61. The first kappa shape index (κ1) is 25.0. The first-order valence-electron chi connectivity index (χ1n) is 11.1. The molecule has 0 bridgehead atoms. The third-order valence-corrected chi connectivity index (χ3v) is 6.35. The number of nitrogens with one attached hydrogen (secondary N) is 1. The first-order valence-corrected chi connectivity index (χ1v) is 12.3. The van der Waals surface area contributed by atoms with Crippen molar-refractivity contribution < 1.29 is 9.59 Å². The van der Waals surface area contributed by atoms with Gasteiger partial charge >= 0.3 is 0 Å². The Balaban J connectivity index is 2.11. The average Bonchev–Trinajstić information content (AvgIpc) is 2.73. The Kier molecular flexibility index (Phi) is 10.1. The van der Waals surface area contributed by atoms with Crippen LogP contribution in [0.15, 0.2) is 48.5 Å². The Morgan fingerprint density at radius 3 is 2.19 bits per heavy atom. The summed E-state index contributed by atoms with van der Waals surface area (Å²) in [6, 6.07) is 16.0. The number of hydrogen-bond acceptors (Lipinski definition) is 3. The molecule has 2 aromatic rings. The second-order valence-corrected chi connectivity index (χ2v) is 9.22. The van der Waals surface area contributed by atoms with Crippen molar-refractivity contribution in [3.8, 4) is 0 Å². The Bertz CT molecular complexity index is 833. The molecule has 0 aromatic heterocycles. The van der Waals surface area contributed by atoms with Crippen molar-refractivity contribution in [2.24, 2.45) is 0 Å². The molecule has 31 heavy (non-hydrogen) atoms. The van der Waals surface area contributed by atoms with Gasteiger partial charge in [-0.2, -0.15) is 0 Å². The van der Waals surface area contributed by atoms with E-state index in [-0.39, 0.29) is 17.9 Å². The van der Waals surface area contributed by atoms with Gasteiger partial charge in [0.2, 0.25) is 11.8 Å². The Morgan fingerprint density at radius 1 is 0.968 bits per heavy atom. The molecule has 0 radical (unpaired) electrons. The summed E-state index contributed by atoms with van der Waals surface area (Å²) in [5, 5.41) is 3.06. The maximum absolute atomic E-state index is 13.3. The van der Waals surface area contributed by atoms with E-state index in [2.05, 4.69) is 37.4 Å². The van der Waals surface area contributed by atoms with Crippen molar-refractivity contribution in [2.45, 2.75) is 71.8 Å². The molecule has 0 aliphatic heterocycles. The fraction of sp³-hybridized carbons (Fsp3) is 0.462. The minimum atomic E-state index is -0.469. The Hall–Kier alpha value is -2.27. The highest BCUT2D eigenvalue weighted by atomic mass is 32.2. The lowest BCUT2D eigenvalue weighted by Crippen LogP contribution is -2.51. The van der Waals surface area contributed by atoms with Crippen molar-refractivity contribution >= 4 is 23.6 Å². The number of carbonyl (C=O) groups is 2. The van der Waals surface area contributed by atoms with Gasteiger partial charge in [-0.3, -0.25) is 9.59 Å². The van der Waals surface area contributed by atoms with E-state index in [1.807, 2.05) is 51.1 Å². The standard InChI is InChI=1S/C26H36N2O2S/c1-6-21(5)27-26(30)24(7-2)28(16-22-11-9-8-10-12-22)25(29)18-31-17-23-14-19(3)13-20(4)15-23/h8-15,21,24H,6-7,16-18H2,1-5H3,(H,27,30). The quantitative estimate of drug-likeness (QED) is 0.519. The number of rotatable bonds is 11. The second-order valence-electron chi connectivity index (χ2n) is 8.24. The van der Waals surface area contributed by atoms with Gasteiger partial charge in [0.1, 0.15) is 6.04 Å². The van der Waals surface area contributed by atoms with E-state index in [0.29, 0.717) is 18.7 Å². The van der Waals surface area contributed by atoms with E-state index < -0.39 is 6.04 Å². The normalized spacial score (nSPS) is 12.8. The van der Waals surface area contributed by atoms with Gasteiger partial charge in [-0.15, -0.1) is 11.8 Å². The molecule has 2 unspecified atom stereocenters. The van der Waals surface area contributed by atoms with E-state index >= 15 is 0 Å². The maximum Gasteiger partial charge on any atom is 0.243 e. The monoisotopic (exact) mass is 440 g/mol. The molecule has 0 aliphatic carbocycles. The van der Waals surface area contributed by atoms with Crippen LogP contribution >= 0.6 is 11.8 Å². The summed E-state index contributed by atoms with van der Waals surface area (Å²) in [6.45, 7) is 10.6. The van der Waals surface area contributed by atoms with E-state index in [9.17, 15) is 9.59 Å². The fourth-order valence-corrected chi connectivity index (χ4v) is 4.48. The highest BCUT2D eigenvalue weighted by Gasteiger charge is 2.29. The van der Waals surface area contributed by atoms with Gasteiger partial charge in [0, 0.05) is 18.3 Å². The topological polar surface area (TPSA) is 49.4 Å². The lowest BCUT2D eigenvalue weighted by atomic mass is 10.1. The minimum absolute atomic E-state index is 0.00406. The van der Waals surface area contributed by atoms with Crippen LogP contribution < -0.4 is 5.32 Å². The van der Waals surface area contributed by atoms with Gasteiger partial charge in [0.25, 0.3) is 0 Å². The molecule has 0 saturated carbocycles. The fourth-order valence-electron chi connectivity index (χ4n) is 3.63. The molecule has 5 heteroatoms. The van der Waals surface area contributed by atoms with Crippen molar-refractivity contribution in [2.75, 3.05) is 5.75 Å². The van der Waals surface area contributed by atoms with Gasteiger partial charge in [0.05, 0.1) is 5.75 Å². The number of carbonyl (C=O) groups excluding carboxylic acids is 2. The minimum Gasteiger partial charge on any atom is -0.352 e. The molecule has 0 aliphatic rings. The maximum atomic E-state index is 13.3. The zero-order valence-electron chi connectivity index (χ0n) is 19.5. The van der Waals surface area contributed by atoms with Crippen LogP contribution in [0.5, 0.6) is 0 Å². The zero-order valence-corrected chi connectivity index (χ0v) is 20.3. The van der Waals surface area contributed by atoms with Crippen LogP contribution in [0.2, 0.25) is 0 Å². The van der Waals surface area contributed by atoms with Crippen molar-refractivity contribution in [1.29, 1.82) is 0 Å². The molecular weight excluding hydrogens is 404 g/mol. The molecule has 0 heterocycles. The van der Waals surface area contributed by atoms with E-state index in [0.717, 1.165) is 17.7 Å². The number of amides is 2. The van der Waals surface area contributed by atoms with E-state index in [1.165, 1.54) is 16.7 Å². The molecule has 2 aromatic carbocycles. The number of aryl methyl sites for hydroxylation is 2. The van der Waals surface area contributed by atoms with Crippen LogP contribution in [0.1, 0.15) is 55.9 Å². The average molecular weight is 441 g/mol. The van der Waals surface area contributed by atoms with Gasteiger partial charge in [-0.05, 0) is 44.7 Å². The van der Waals surface area contributed by atoms with Crippen LogP contribution in [0.25, 0.3) is 0 Å². The van der Waals surface area contributed by atoms with Crippen LogP contribution in [0.4, 0.5) is 0 Å². The number of benzene rings is 2. The third-order valence-electron chi connectivity index (χ3n) is 5.36. The molecule has 2 atom stereocenters. The van der Waals surface area contributed by atoms with Crippen molar-refractivity contribution in [3.05, 3.63) is 70.8 Å². The highest BCUT2D eigenvalue weighted by molar-refractivity contribution is 7.99. The first-order chi connectivity index (χ1) is 14.8. The predicted octanol–water partition coefficient (Wildman–Crippen LogP) is 5.26. The third kappa shape index (κ3) is 8.06. The smallest absolute Gasteiger partial charge is 0.243 e. The van der Waals surface area contributed by atoms with Gasteiger partial charge < -0.3 is 10.2 Å². The number of thioether (sulfide) groups is 1. The zero-order chi connectivity index (χ0) is 22.8. The van der Waals surface area contributed by atoms with Crippen molar-refractivity contribution in [3.63, 3.8) is 0 Å². The molecule has 1 N–H and O–H groups in total. The number of hydrogen-bond donors (Lipinski definition) is 1. The van der Waals surface area contributed by atoms with Crippen LogP contribution in [0.3, 0.4) is 0 Å². The summed E-state index contributed by atoms with van der Waals surface area (Å²) in [6.07, 6.45) is 1.45. The molecule has 4 nitrogen and oxygen atoms in total. The van der Waals surface area contributed by atoms with Crippen molar-refractivity contribution in [1.82, 2.24) is 10.2 Å². The molecule has 0 saturated heterocycles. The molecule has 2 rings (SSSR count). The lowest BCUT2D eigenvalue weighted by Gasteiger charge is -2.31. The van der Waals surface area contributed by atoms with Gasteiger partial charge in [-0.25, -0.2) is 0 Å². The van der Waals surface area contributed by atoms with E-state index in [4.69, 9.17) is 0 Å². The molecular formula is C26H36N2O2S. The number of nitrogens with zero attached hydrogens (tertiary/aromatic N) is 1.